The van der Waals surface area contributed by atoms with Crippen LogP contribution in [0.5, 0.6) is 0 Å². The maximum atomic E-state index is 12.4. The van der Waals surface area contributed by atoms with Crippen LogP contribution in [0, 0.1) is 0 Å². The first-order chi connectivity index (χ1) is 8.60. The van der Waals surface area contributed by atoms with Gasteiger partial charge in [0.15, 0.2) is 5.84 Å². The number of nitrogens with zero attached hydrogens (tertiary/aromatic N) is 4. The third kappa shape index (κ3) is 3.48. The van der Waals surface area contributed by atoms with Crippen LogP contribution in [0.25, 0.3) is 0 Å². The fourth-order valence-electron chi connectivity index (χ4n) is 1.38. The van der Waals surface area contributed by atoms with Gasteiger partial charge in [0.1, 0.15) is 12.1 Å². The Hall–Kier alpha value is -2.03. The lowest BCUT2D eigenvalue weighted by Crippen LogP contribution is -2.34. The summed E-state index contributed by atoms with van der Waals surface area (Å²) in [5.74, 6) is -0.211. The van der Waals surface area contributed by atoms with E-state index in [-0.39, 0.29) is 30.4 Å². The minimum Gasteiger partial charge on any atom is -0.409 e. The molecule has 1 aromatic heterocycles. The van der Waals surface area contributed by atoms with Gasteiger partial charge in [-0.3, -0.25) is 0 Å². The van der Waals surface area contributed by atoms with E-state index in [0.29, 0.717) is 0 Å². The molecule has 0 aliphatic rings. The van der Waals surface area contributed by atoms with Crippen LogP contribution in [0.4, 0.5) is 14.6 Å². The second-order valence-electron chi connectivity index (χ2n) is 3.31. The molecule has 0 radical (unpaired) electrons. The first-order valence-corrected chi connectivity index (χ1v) is 5.02. The largest absolute Gasteiger partial charge is 0.409 e. The minimum atomic E-state index is -2.60. The van der Waals surface area contributed by atoms with Crippen molar-refractivity contribution in [3.05, 3.63) is 18.1 Å². The number of alkyl halides is 2. The van der Waals surface area contributed by atoms with E-state index >= 15 is 0 Å². The fourth-order valence-corrected chi connectivity index (χ4v) is 1.38. The van der Waals surface area contributed by atoms with Gasteiger partial charge in [-0.1, -0.05) is 5.16 Å². The standard InChI is InChI=1S/C9H13F2N5O2/c10-7(11)4-16(1-2-17)9-6(8(12)15-18)3-13-5-14-9/h3,5,7,17-18H,1-2,4H2,(H2,12,15). The number of aliphatic hydroxyl groups excluding tert-OH is 1. The summed E-state index contributed by atoms with van der Waals surface area (Å²) < 4.78 is 24.9. The molecule has 0 amide bonds. The van der Waals surface area contributed by atoms with Gasteiger partial charge in [0.25, 0.3) is 6.43 Å². The summed E-state index contributed by atoms with van der Waals surface area (Å²) in [7, 11) is 0. The molecule has 100 valence electrons. The summed E-state index contributed by atoms with van der Waals surface area (Å²) in [6.07, 6.45) is -0.210. The van der Waals surface area contributed by atoms with Gasteiger partial charge >= 0.3 is 0 Å². The Bertz CT molecular complexity index is 416. The molecule has 0 fully saturated rings. The van der Waals surface area contributed by atoms with Crippen LogP contribution in [-0.2, 0) is 0 Å². The average Bonchev–Trinajstić information content (AvgIpc) is 2.37. The monoisotopic (exact) mass is 261 g/mol. The van der Waals surface area contributed by atoms with Gasteiger partial charge in [-0.15, -0.1) is 0 Å². The third-order valence-corrected chi connectivity index (χ3v) is 2.10. The smallest absolute Gasteiger partial charge is 0.255 e. The Morgan fingerprint density at radius 2 is 2.28 bits per heavy atom. The van der Waals surface area contributed by atoms with Crippen LogP contribution in [0.2, 0.25) is 0 Å². The number of aromatic nitrogens is 2. The molecule has 0 atom stereocenters. The van der Waals surface area contributed by atoms with Crippen LogP contribution in [0.15, 0.2) is 17.7 Å². The molecule has 7 nitrogen and oxygen atoms in total. The molecule has 4 N–H and O–H groups in total. The molecule has 1 aromatic rings. The van der Waals surface area contributed by atoms with E-state index in [1.165, 1.54) is 6.20 Å². The highest BCUT2D eigenvalue weighted by Crippen LogP contribution is 2.16. The van der Waals surface area contributed by atoms with Gasteiger partial charge in [0.2, 0.25) is 0 Å². The zero-order chi connectivity index (χ0) is 13.5. The van der Waals surface area contributed by atoms with E-state index in [4.69, 9.17) is 16.0 Å². The molecule has 18 heavy (non-hydrogen) atoms. The Balaban J connectivity index is 3.10. The average molecular weight is 261 g/mol. The SMILES string of the molecule is NC(=NO)c1cncnc1N(CCO)CC(F)F. The highest BCUT2D eigenvalue weighted by atomic mass is 19.3. The molecule has 1 heterocycles. The number of hydrogen-bond donors (Lipinski definition) is 3. The van der Waals surface area contributed by atoms with Crippen LogP contribution in [0.3, 0.4) is 0 Å². The van der Waals surface area contributed by atoms with Crippen molar-refractivity contribution < 1.29 is 19.1 Å². The van der Waals surface area contributed by atoms with Gasteiger partial charge in [-0.05, 0) is 0 Å². The lowest BCUT2D eigenvalue weighted by Gasteiger charge is -2.23. The Morgan fingerprint density at radius 3 is 2.83 bits per heavy atom. The summed E-state index contributed by atoms with van der Waals surface area (Å²) in [5, 5.41) is 20.2. The van der Waals surface area contributed by atoms with E-state index in [1.54, 1.807) is 0 Å². The highest BCUT2D eigenvalue weighted by Gasteiger charge is 2.18. The van der Waals surface area contributed by atoms with Crippen LogP contribution in [-0.4, -0.2) is 52.2 Å². The lowest BCUT2D eigenvalue weighted by atomic mass is 10.2. The summed E-state index contributed by atoms with van der Waals surface area (Å²) in [6.45, 7) is -0.997. The third-order valence-electron chi connectivity index (χ3n) is 2.10. The molecule has 0 aromatic carbocycles. The minimum absolute atomic E-state index is 0.0485. The number of nitrogens with two attached hydrogens (primary N) is 1. The molecule has 9 heteroatoms. The maximum Gasteiger partial charge on any atom is 0.255 e. The molecule has 0 aliphatic carbocycles. The van der Waals surface area contributed by atoms with Crippen molar-refractivity contribution in [1.82, 2.24) is 9.97 Å². The molecular weight excluding hydrogens is 248 g/mol. The predicted molar refractivity (Wildman–Crippen MR) is 59.8 cm³/mol. The topological polar surface area (TPSA) is 108 Å². The van der Waals surface area contributed by atoms with Crippen LogP contribution < -0.4 is 10.6 Å². The summed E-state index contributed by atoms with van der Waals surface area (Å²) >= 11 is 0. The number of aliphatic hydroxyl groups is 1. The molecule has 0 unspecified atom stereocenters. The van der Waals surface area contributed by atoms with Crippen molar-refractivity contribution in [2.24, 2.45) is 10.9 Å². The van der Waals surface area contributed by atoms with Crippen LogP contribution in [0.1, 0.15) is 5.56 Å². The molecule has 0 saturated heterocycles. The van der Waals surface area contributed by atoms with Gasteiger partial charge < -0.3 is 20.9 Å². The second kappa shape index (κ2) is 6.64. The van der Waals surface area contributed by atoms with Crippen molar-refractivity contribution in [3.63, 3.8) is 0 Å². The molecular formula is C9H13F2N5O2. The first-order valence-electron chi connectivity index (χ1n) is 5.02. The maximum absolute atomic E-state index is 12.4. The summed E-state index contributed by atoms with van der Waals surface area (Å²) in [4.78, 5) is 8.63. The Kier molecular flexibility index (Phi) is 5.18. The Labute approximate surface area is 102 Å². The second-order valence-corrected chi connectivity index (χ2v) is 3.31. The molecule has 1 rings (SSSR count). The van der Waals surface area contributed by atoms with Gasteiger partial charge in [-0.2, -0.15) is 0 Å². The number of oxime groups is 1. The fraction of sp³-hybridized carbons (Fsp3) is 0.444. The summed E-state index contributed by atoms with van der Waals surface area (Å²) in [5.41, 5.74) is 5.52. The first kappa shape index (κ1) is 14.0. The van der Waals surface area contributed by atoms with Crippen molar-refractivity contribution >= 4 is 11.7 Å². The number of rotatable bonds is 6. The zero-order valence-electron chi connectivity index (χ0n) is 9.37. The number of anilines is 1. The quantitative estimate of drug-likeness (QED) is 0.279. The normalized spacial score (nSPS) is 11.9. The number of hydrogen-bond acceptors (Lipinski definition) is 6. The van der Waals surface area contributed by atoms with E-state index < -0.39 is 13.0 Å². The molecule has 0 spiro atoms. The number of amidine groups is 1. The van der Waals surface area contributed by atoms with Crippen molar-refractivity contribution in [2.45, 2.75) is 6.43 Å². The molecule has 0 aliphatic heterocycles. The van der Waals surface area contributed by atoms with E-state index in [9.17, 15) is 8.78 Å². The van der Waals surface area contributed by atoms with Crippen molar-refractivity contribution in [1.29, 1.82) is 0 Å². The Morgan fingerprint density at radius 1 is 1.56 bits per heavy atom. The van der Waals surface area contributed by atoms with Gasteiger partial charge in [0, 0.05) is 12.7 Å². The van der Waals surface area contributed by atoms with Crippen molar-refractivity contribution in [3.8, 4) is 0 Å². The van der Waals surface area contributed by atoms with E-state index in [0.717, 1.165) is 11.2 Å². The molecule has 0 saturated carbocycles. The number of halogens is 2. The zero-order valence-corrected chi connectivity index (χ0v) is 9.37. The van der Waals surface area contributed by atoms with Crippen LogP contribution >= 0.6 is 0 Å². The van der Waals surface area contributed by atoms with Gasteiger partial charge in [-0.25, -0.2) is 18.7 Å². The predicted octanol–water partition coefficient (Wildman–Crippen LogP) is -0.365. The van der Waals surface area contributed by atoms with E-state index in [1.807, 2.05) is 0 Å². The molecule has 0 bridgehead atoms. The van der Waals surface area contributed by atoms with Crippen molar-refractivity contribution in [2.75, 3.05) is 24.6 Å². The lowest BCUT2D eigenvalue weighted by molar-refractivity contribution is 0.152. The van der Waals surface area contributed by atoms with E-state index in [2.05, 4.69) is 15.1 Å². The highest BCUT2D eigenvalue weighted by molar-refractivity contribution is 6.01. The van der Waals surface area contributed by atoms with Gasteiger partial charge in [0.05, 0.1) is 18.7 Å². The summed E-state index contributed by atoms with van der Waals surface area (Å²) in [6, 6.07) is 0.